The first-order chi connectivity index (χ1) is 11.4. The lowest BCUT2D eigenvalue weighted by Gasteiger charge is -2.15. The molecule has 0 radical (unpaired) electrons. The number of carbonyl (C=O) groups is 1. The molecule has 2 rings (SSSR count). The van der Waals surface area contributed by atoms with Crippen LogP contribution in [0.4, 0.5) is 0 Å². The van der Waals surface area contributed by atoms with Crippen molar-refractivity contribution in [2.45, 2.75) is 63.3 Å². The summed E-state index contributed by atoms with van der Waals surface area (Å²) >= 11 is 0. The van der Waals surface area contributed by atoms with Crippen molar-refractivity contribution in [1.82, 2.24) is 9.62 Å². The second-order valence-corrected chi connectivity index (χ2v) is 8.45. The van der Waals surface area contributed by atoms with E-state index in [1.54, 1.807) is 16.4 Å². The first-order valence-electron chi connectivity index (χ1n) is 8.82. The van der Waals surface area contributed by atoms with Crippen molar-refractivity contribution in [1.29, 1.82) is 0 Å². The number of rotatable bonds is 8. The number of benzene rings is 1. The van der Waals surface area contributed by atoms with Crippen molar-refractivity contribution in [3.63, 3.8) is 0 Å². The van der Waals surface area contributed by atoms with Crippen molar-refractivity contribution in [2.75, 3.05) is 13.1 Å². The lowest BCUT2D eigenvalue weighted by Crippen LogP contribution is -2.32. The van der Waals surface area contributed by atoms with Crippen LogP contribution in [0.3, 0.4) is 0 Å². The molecule has 0 saturated carbocycles. The second-order valence-electron chi connectivity index (χ2n) is 6.51. The van der Waals surface area contributed by atoms with E-state index in [9.17, 15) is 13.2 Å². The molecule has 0 spiro atoms. The van der Waals surface area contributed by atoms with Crippen molar-refractivity contribution in [3.8, 4) is 0 Å². The van der Waals surface area contributed by atoms with Crippen molar-refractivity contribution >= 4 is 15.9 Å². The highest BCUT2D eigenvalue weighted by Gasteiger charge is 2.26. The van der Waals surface area contributed by atoms with Crippen LogP contribution >= 0.6 is 0 Å². The molecule has 0 bridgehead atoms. The van der Waals surface area contributed by atoms with Crippen molar-refractivity contribution in [2.24, 2.45) is 0 Å². The van der Waals surface area contributed by atoms with E-state index in [0.717, 1.165) is 31.2 Å². The Hall–Kier alpha value is -1.40. The van der Waals surface area contributed by atoms with E-state index in [4.69, 9.17) is 0 Å². The molecule has 1 aromatic carbocycles. The minimum atomic E-state index is -3.35. The molecule has 0 aliphatic carbocycles. The van der Waals surface area contributed by atoms with E-state index in [0.29, 0.717) is 30.8 Å². The molecule has 134 valence electrons. The minimum absolute atomic E-state index is 0.0460. The predicted octanol–water partition coefficient (Wildman–Crippen LogP) is 2.71. The lowest BCUT2D eigenvalue weighted by molar-refractivity contribution is -0.121. The average molecular weight is 353 g/mol. The zero-order chi connectivity index (χ0) is 17.6. The van der Waals surface area contributed by atoms with Gasteiger partial charge in [0.2, 0.25) is 15.9 Å². The van der Waals surface area contributed by atoms with Gasteiger partial charge in [-0.2, -0.15) is 4.31 Å². The van der Waals surface area contributed by atoms with Crippen LogP contribution in [0.1, 0.15) is 51.5 Å². The Labute approximate surface area is 145 Å². The van der Waals surface area contributed by atoms with E-state index in [1.807, 2.05) is 19.1 Å². The van der Waals surface area contributed by atoms with Gasteiger partial charge in [0.25, 0.3) is 0 Å². The van der Waals surface area contributed by atoms with Gasteiger partial charge in [-0.05, 0) is 50.3 Å². The van der Waals surface area contributed by atoms with Crippen LogP contribution in [-0.2, 0) is 21.2 Å². The maximum absolute atomic E-state index is 12.5. The fourth-order valence-corrected chi connectivity index (χ4v) is 4.53. The summed E-state index contributed by atoms with van der Waals surface area (Å²) in [6.07, 6.45) is 4.94. The first-order valence-corrected chi connectivity index (χ1v) is 10.3. The molecule has 1 fully saturated rings. The lowest BCUT2D eigenvalue weighted by atomic mass is 10.1. The highest BCUT2D eigenvalue weighted by Crippen LogP contribution is 2.21. The third kappa shape index (κ3) is 5.05. The van der Waals surface area contributed by atoms with Crippen LogP contribution in [0.15, 0.2) is 29.2 Å². The molecule has 1 N–H and O–H groups in total. The number of nitrogens with zero attached hydrogens (tertiary/aromatic N) is 1. The molecule has 0 aromatic heterocycles. The van der Waals surface area contributed by atoms with Gasteiger partial charge in [0.15, 0.2) is 0 Å². The van der Waals surface area contributed by atoms with E-state index in [1.165, 1.54) is 0 Å². The second kappa shape index (κ2) is 8.62. The van der Waals surface area contributed by atoms with Gasteiger partial charge in [0.05, 0.1) is 4.90 Å². The fraction of sp³-hybridized carbons (Fsp3) is 0.611. The molecule has 5 nitrogen and oxygen atoms in total. The summed E-state index contributed by atoms with van der Waals surface area (Å²) in [6, 6.07) is 7.13. The number of carbonyl (C=O) groups excluding carboxylic acids is 1. The molecule has 1 amide bonds. The van der Waals surface area contributed by atoms with E-state index >= 15 is 0 Å². The Bertz CT molecular complexity index is 635. The maximum atomic E-state index is 12.5. The Balaban J connectivity index is 1.89. The number of amides is 1. The predicted molar refractivity (Wildman–Crippen MR) is 95.3 cm³/mol. The zero-order valence-electron chi connectivity index (χ0n) is 14.6. The zero-order valence-corrected chi connectivity index (χ0v) is 15.4. The normalized spacial score (nSPS) is 16.9. The molecule has 0 unspecified atom stereocenters. The monoisotopic (exact) mass is 352 g/mol. The third-order valence-electron chi connectivity index (χ3n) is 4.40. The van der Waals surface area contributed by atoms with Crippen molar-refractivity contribution < 1.29 is 13.2 Å². The van der Waals surface area contributed by atoms with Gasteiger partial charge in [-0.1, -0.05) is 25.5 Å². The topological polar surface area (TPSA) is 66.5 Å². The number of nitrogens with one attached hydrogen (secondary N) is 1. The van der Waals surface area contributed by atoms with Gasteiger partial charge < -0.3 is 5.32 Å². The van der Waals surface area contributed by atoms with Gasteiger partial charge in [-0.25, -0.2) is 8.42 Å². The molecule has 1 heterocycles. The molecule has 1 saturated heterocycles. The summed E-state index contributed by atoms with van der Waals surface area (Å²) in [4.78, 5) is 12.2. The van der Waals surface area contributed by atoms with Gasteiger partial charge in [-0.3, -0.25) is 4.79 Å². The van der Waals surface area contributed by atoms with Crippen LogP contribution in [0.5, 0.6) is 0 Å². The first kappa shape index (κ1) is 18.9. The molecule has 1 aliphatic heterocycles. The van der Waals surface area contributed by atoms with Gasteiger partial charge >= 0.3 is 0 Å². The summed E-state index contributed by atoms with van der Waals surface area (Å²) in [7, 11) is -3.35. The van der Waals surface area contributed by atoms with Gasteiger partial charge in [0, 0.05) is 25.6 Å². The Morgan fingerprint density at radius 3 is 2.42 bits per heavy atom. The summed E-state index contributed by atoms with van der Waals surface area (Å²) in [5, 5.41) is 2.98. The number of hydrogen-bond donors (Lipinski definition) is 1. The number of hydrogen-bond acceptors (Lipinski definition) is 3. The largest absolute Gasteiger partial charge is 0.354 e. The van der Waals surface area contributed by atoms with Crippen molar-refractivity contribution in [3.05, 3.63) is 29.8 Å². The maximum Gasteiger partial charge on any atom is 0.243 e. The molecular weight excluding hydrogens is 324 g/mol. The molecular formula is C18H28N2O3S. The SMILES string of the molecule is CCC[C@@H](C)NC(=O)CCc1ccc(S(=O)(=O)N2CCCC2)cc1. The van der Waals surface area contributed by atoms with E-state index < -0.39 is 10.0 Å². The number of sulfonamides is 1. The average Bonchev–Trinajstić information content (AvgIpc) is 3.09. The number of aryl methyl sites for hydroxylation is 1. The van der Waals surface area contributed by atoms with Crippen LogP contribution < -0.4 is 5.32 Å². The third-order valence-corrected chi connectivity index (χ3v) is 6.31. The van der Waals surface area contributed by atoms with Crippen LogP contribution in [-0.4, -0.2) is 37.8 Å². The van der Waals surface area contributed by atoms with Gasteiger partial charge in [0.1, 0.15) is 0 Å². The van der Waals surface area contributed by atoms with Crippen LogP contribution in [0.2, 0.25) is 0 Å². The molecule has 24 heavy (non-hydrogen) atoms. The standard InChI is InChI=1S/C18H28N2O3S/c1-3-6-15(2)19-18(21)12-9-16-7-10-17(11-8-16)24(22,23)20-13-4-5-14-20/h7-8,10-11,15H,3-6,9,12-14H2,1-2H3,(H,19,21)/t15-/m1/s1. The highest BCUT2D eigenvalue weighted by atomic mass is 32.2. The molecule has 1 atom stereocenters. The van der Waals surface area contributed by atoms with Crippen LogP contribution in [0.25, 0.3) is 0 Å². The van der Waals surface area contributed by atoms with Crippen LogP contribution in [0, 0.1) is 0 Å². The smallest absolute Gasteiger partial charge is 0.243 e. The quantitative estimate of drug-likeness (QED) is 0.782. The van der Waals surface area contributed by atoms with E-state index in [-0.39, 0.29) is 11.9 Å². The fourth-order valence-electron chi connectivity index (χ4n) is 3.02. The summed E-state index contributed by atoms with van der Waals surface area (Å²) < 4.78 is 26.5. The Kier molecular flexibility index (Phi) is 6.80. The molecule has 1 aromatic rings. The summed E-state index contributed by atoms with van der Waals surface area (Å²) in [5.74, 6) is 0.0460. The summed E-state index contributed by atoms with van der Waals surface area (Å²) in [6.45, 7) is 5.33. The molecule has 6 heteroatoms. The Morgan fingerprint density at radius 1 is 1.21 bits per heavy atom. The minimum Gasteiger partial charge on any atom is -0.354 e. The molecule has 1 aliphatic rings. The summed E-state index contributed by atoms with van der Waals surface area (Å²) in [5.41, 5.74) is 0.980. The Morgan fingerprint density at radius 2 is 1.83 bits per heavy atom. The van der Waals surface area contributed by atoms with E-state index in [2.05, 4.69) is 12.2 Å². The highest BCUT2D eigenvalue weighted by molar-refractivity contribution is 7.89. The van der Waals surface area contributed by atoms with Gasteiger partial charge in [-0.15, -0.1) is 0 Å².